The molecule has 0 radical (unpaired) electrons. The lowest BCUT2D eigenvalue weighted by Gasteiger charge is -2.28. The van der Waals surface area contributed by atoms with Gasteiger partial charge in [0.15, 0.2) is 0 Å². The fourth-order valence-corrected chi connectivity index (χ4v) is 6.42. The highest BCUT2D eigenvalue weighted by Crippen LogP contribution is 2.24. The maximum absolute atomic E-state index is 13.8. The minimum absolute atomic E-state index is 0.00354. The number of rotatable bonds is 5. The summed E-state index contributed by atoms with van der Waals surface area (Å²) in [5, 5.41) is 21.0. The Bertz CT molecular complexity index is 1680. The van der Waals surface area contributed by atoms with Crippen LogP contribution < -0.4 is 21.3 Å². The fourth-order valence-electron chi connectivity index (χ4n) is 5.57. The van der Waals surface area contributed by atoms with E-state index in [-0.39, 0.29) is 41.9 Å². The number of fused-ring (bicyclic) bond motifs is 2. The number of amides is 5. The van der Waals surface area contributed by atoms with Crippen molar-refractivity contribution < 1.29 is 24.0 Å². The summed E-state index contributed by atoms with van der Waals surface area (Å²) in [7, 11) is 1.65. The van der Waals surface area contributed by atoms with Crippen LogP contribution in [-0.2, 0) is 37.6 Å². The maximum Gasteiger partial charge on any atom is 0.271 e. The molecular weight excluding hydrogens is 671 g/mol. The minimum atomic E-state index is -0.990. The number of nitrogens with one attached hydrogen (secondary N) is 5. The highest BCUT2D eigenvalue weighted by molar-refractivity contribution is 7.09. The standard InChI is InChI=1S/C36H51N9O5S/c1-21(2)30-33(49)38-23(4)35(50)44(8)14-15-45(18-25-17-28(43-42-25)36(5,6)7)19-29(46)39-26(16-24-12-10-9-11-13-24)34-40-27(20-51-34)32(48)37-22(3)31(47)41-30/h9-13,17,20-23,26,30H,14-16,18-19H2,1-8H3,(H,37,48)(H,38,49)(H,39,46)(H,41,47)(H,42,43)/t22-,23+,26-,30-/m0/s1. The molecule has 0 saturated carbocycles. The molecule has 3 heterocycles. The molecule has 5 N–H and O–H groups in total. The van der Waals surface area contributed by atoms with Gasteiger partial charge in [0.25, 0.3) is 5.91 Å². The summed E-state index contributed by atoms with van der Waals surface area (Å²) in [4.78, 5) is 74.9. The van der Waals surface area contributed by atoms with E-state index in [0.717, 1.165) is 17.0 Å². The fraction of sp³-hybridized carbons (Fsp3) is 0.528. The van der Waals surface area contributed by atoms with Gasteiger partial charge in [-0.05, 0) is 37.8 Å². The molecule has 0 aliphatic carbocycles. The maximum atomic E-state index is 13.8. The van der Waals surface area contributed by atoms with E-state index in [1.54, 1.807) is 33.2 Å². The molecule has 0 unspecified atom stereocenters. The number of carbonyl (C=O) groups is 5. The Balaban J connectivity index is 1.66. The van der Waals surface area contributed by atoms with Crippen molar-refractivity contribution in [1.29, 1.82) is 0 Å². The normalized spacial score (nSPS) is 22.5. The summed E-state index contributed by atoms with van der Waals surface area (Å²) in [5.41, 5.74) is 2.62. The highest BCUT2D eigenvalue weighted by atomic mass is 32.1. The molecule has 4 atom stereocenters. The van der Waals surface area contributed by atoms with Gasteiger partial charge in [-0.2, -0.15) is 5.10 Å². The lowest BCUT2D eigenvalue weighted by molar-refractivity contribution is -0.136. The molecule has 4 rings (SSSR count). The van der Waals surface area contributed by atoms with Gasteiger partial charge in [0.2, 0.25) is 23.6 Å². The Morgan fingerprint density at radius 1 is 0.922 bits per heavy atom. The molecule has 1 aliphatic rings. The van der Waals surface area contributed by atoms with Crippen molar-refractivity contribution in [2.45, 2.75) is 91.0 Å². The zero-order valence-corrected chi connectivity index (χ0v) is 31.5. The van der Waals surface area contributed by atoms with E-state index in [1.807, 2.05) is 41.3 Å². The van der Waals surface area contributed by atoms with Crippen LogP contribution in [0.1, 0.15) is 87.0 Å². The number of H-pyrrole nitrogens is 1. The van der Waals surface area contributed by atoms with Crippen LogP contribution in [0.15, 0.2) is 41.8 Å². The van der Waals surface area contributed by atoms with Gasteiger partial charge < -0.3 is 26.2 Å². The summed E-state index contributed by atoms with van der Waals surface area (Å²) in [5.74, 6) is -2.54. The zero-order valence-electron chi connectivity index (χ0n) is 30.7. The third-order valence-corrected chi connectivity index (χ3v) is 9.63. The van der Waals surface area contributed by atoms with Crippen LogP contribution >= 0.6 is 11.3 Å². The van der Waals surface area contributed by atoms with Crippen LogP contribution in [0.5, 0.6) is 0 Å². The molecule has 3 aromatic rings. The molecule has 1 aliphatic heterocycles. The monoisotopic (exact) mass is 721 g/mol. The van der Waals surface area contributed by atoms with Crippen molar-refractivity contribution in [3.63, 3.8) is 0 Å². The molecule has 0 spiro atoms. The Hall–Kier alpha value is -4.63. The first kappa shape index (κ1) is 39.2. The summed E-state index contributed by atoms with van der Waals surface area (Å²) >= 11 is 1.24. The second-order valence-corrected chi connectivity index (χ2v) is 15.4. The molecule has 0 fully saturated rings. The number of carbonyl (C=O) groups excluding carboxylic acids is 5. The number of nitrogens with zero attached hydrogens (tertiary/aromatic N) is 4. The lowest BCUT2D eigenvalue weighted by atomic mass is 9.92. The number of hydrogen-bond donors (Lipinski definition) is 5. The van der Waals surface area contributed by atoms with Gasteiger partial charge in [0, 0.05) is 43.2 Å². The second kappa shape index (κ2) is 17.1. The SMILES string of the molecule is CC(C)[C@@H]1NC(=O)[C@H](C)NC(=O)c2csc(n2)[C@H](Cc2ccccc2)NC(=O)CN(Cc2cc(C(C)(C)C)n[nH]2)CCN(C)C(=O)[C@@H](C)NC1=O. The Labute approximate surface area is 303 Å². The summed E-state index contributed by atoms with van der Waals surface area (Å²) < 4.78 is 0. The third kappa shape index (κ3) is 10.9. The summed E-state index contributed by atoms with van der Waals surface area (Å²) in [6.07, 6.45) is 0.433. The Morgan fingerprint density at radius 3 is 2.27 bits per heavy atom. The number of hydrogen-bond acceptors (Lipinski definition) is 9. The van der Waals surface area contributed by atoms with Crippen molar-refractivity contribution in [2.24, 2.45) is 5.92 Å². The summed E-state index contributed by atoms with van der Waals surface area (Å²) in [6, 6.07) is 8.29. The molecule has 2 aromatic heterocycles. The number of benzene rings is 1. The second-order valence-electron chi connectivity index (χ2n) is 14.5. The van der Waals surface area contributed by atoms with Crippen molar-refractivity contribution in [3.8, 4) is 0 Å². The summed E-state index contributed by atoms with van der Waals surface area (Å²) in [6.45, 7) is 13.9. The predicted octanol–water partition coefficient (Wildman–Crippen LogP) is 2.30. The first-order valence-corrected chi connectivity index (χ1v) is 18.1. The van der Waals surface area contributed by atoms with Gasteiger partial charge >= 0.3 is 0 Å². The topological polar surface area (TPSA) is 182 Å². The predicted molar refractivity (Wildman–Crippen MR) is 195 cm³/mol. The van der Waals surface area contributed by atoms with E-state index in [0.29, 0.717) is 24.5 Å². The molecule has 5 amide bonds. The molecule has 1 aromatic carbocycles. The van der Waals surface area contributed by atoms with Crippen LogP contribution in [0.4, 0.5) is 0 Å². The van der Waals surface area contributed by atoms with Crippen LogP contribution in [-0.4, -0.2) is 99.3 Å². The van der Waals surface area contributed by atoms with E-state index < -0.39 is 41.9 Å². The first-order chi connectivity index (χ1) is 24.0. The molecule has 2 bridgehead atoms. The van der Waals surface area contributed by atoms with Crippen LogP contribution in [0.3, 0.4) is 0 Å². The molecule has 15 heteroatoms. The molecule has 276 valence electrons. The van der Waals surface area contributed by atoms with Crippen LogP contribution in [0.2, 0.25) is 0 Å². The molecule has 14 nitrogen and oxygen atoms in total. The number of aromatic nitrogens is 3. The van der Waals surface area contributed by atoms with Gasteiger partial charge in [-0.15, -0.1) is 11.3 Å². The van der Waals surface area contributed by atoms with Crippen molar-refractivity contribution >= 4 is 40.9 Å². The number of aromatic amines is 1. The van der Waals surface area contributed by atoms with Crippen molar-refractivity contribution in [3.05, 3.63) is 69.4 Å². The Kier molecular flexibility index (Phi) is 13.1. The third-order valence-electron chi connectivity index (χ3n) is 8.68. The molecular formula is C36H51N9O5S. The average molecular weight is 722 g/mol. The van der Waals surface area contributed by atoms with E-state index in [1.165, 1.54) is 23.2 Å². The molecule has 0 saturated heterocycles. The van der Waals surface area contributed by atoms with E-state index in [4.69, 9.17) is 0 Å². The highest BCUT2D eigenvalue weighted by Gasteiger charge is 2.31. The van der Waals surface area contributed by atoms with E-state index in [2.05, 4.69) is 57.2 Å². The van der Waals surface area contributed by atoms with Crippen molar-refractivity contribution in [1.82, 2.24) is 46.2 Å². The minimum Gasteiger partial charge on any atom is -0.345 e. The Morgan fingerprint density at radius 2 is 1.63 bits per heavy atom. The number of thiazole rings is 1. The van der Waals surface area contributed by atoms with Gasteiger partial charge in [-0.1, -0.05) is 65.0 Å². The van der Waals surface area contributed by atoms with Crippen molar-refractivity contribution in [2.75, 3.05) is 26.7 Å². The largest absolute Gasteiger partial charge is 0.345 e. The van der Waals surface area contributed by atoms with Gasteiger partial charge in [0.05, 0.1) is 18.3 Å². The van der Waals surface area contributed by atoms with Crippen LogP contribution in [0.25, 0.3) is 0 Å². The smallest absolute Gasteiger partial charge is 0.271 e. The van der Waals surface area contributed by atoms with Gasteiger partial charge in [-0.25, -0.2) is 4.98 Å². The van der Waals surface area contributed by atoms with Gasteiger partial charge in [0.1, 0.15) is 28.8 Å². The number of likely N-dealkylation sites (N-methyl/N-ethyl adjacent to an activating group) is 1. The van der Waals surface area contributed by atoms with Gasteiger partial charge in [-0.3, -0.25) is 34.0 Å². The van der Waals surface area contributed by atoms with E-state index in [9.17, 15) is 24.0 Å². The average Bonchev–Trinajstić information content (AvgIpc) is 3.76. The van der Waals surface area contributed by atoms with E-state index >= 15 is 0 Å². The van der Waals surface area contributed by atoms with Crippen LogP contribution in [0, 0.1) is 5.92 Å². The zero-order chi connectivity index (χ0) is 37.5. The quantitative estimate of drug-likeness (QED) is 0.266. The lowest BCUT2D eigenvalue weighted by Crippen LogP contribution is -2.57. The first-order valence-electron chi connectivity index (χ1n) is 17.2. The molecule has 51 heavy (non-hydrogen) atoms.